The van der Waals surface area contributed by atoms with Crippen molar-refractivity contribution >= 4 is 11.6 Å². The number of rotatable bonds is 4. The summed E-state index contributed by atoms with van der Waals surface area (Å²) in [6, 6.07) is 9.21. The summed E-state index contributed by atoms with van der Waals surface area (Å²) in [5.41, 5.74) is 7.83. The zero-order valence-corrected chi connectivity index (χ0v) is 10.9. The molecular weight excluding hydrogens is 248 g/mol. The fourth-order valence-corrected chi connectivity index (χ4v) is 1.83. The molecule has 0 fully saturated rings. The van der Waals surface area contributed by atoms with Gasteiger partial charge in [0.15, 0.2) is 0 Å². The quantitative estimate of drug-likeness (QED) is 0.919. The zero-order chi connectivity index (χ0) is 13.0. The number of hydrogen-bond donors (Lipinski definition) is 1. The highest BCUT2D eigenvalue weighted by Crippen LogP contribution is 2.27. The second-order valence-electron chi connectivity index (χ2n) is 4.12. The molecule has 3 nitrogen and oxygen atoms in total. The Kier molecular flexibility index (Phi) is 4.18. The number of ether oxygens (including phenoxy) is 1. The van der Waals surface area contributed by atoms with Crippen LogP contribution in [0.1, 0.15) is 24.1 Å². The average molecular weight is 263 g/mol. The van der Waals surface area contributed by atoms with Gasteiger partial charge in [-0.05, 0) is 31.2 Å². The molecule has 94 valence electrons. The number of pyridine rings is 1. The largest absolute Gasteiger partial charge is 0.489 e. The van der Waals surface area contributed by atoms with Gasteiger partial charge in [-0.2, -0.15) is 0 Å². The van der Waals surface area contributed by atoms with E-state index in [-0.39, 0.29) is 6.04 Å². The zero-order valence-electron chi connectivity index (χ0n) is 10.1. The van der Waals surface area contributed by atoms with Gasteiger partial charge in [0.2, 0.25) is 0 Å². The smallest absolute Gasteiger partial charge is 0.124 e. The number of nitrogens with zero attached hydrogens (tertiary/aromatic N) is 1. The van der Waals surface area contributed by atoms with Crippen LogP contribution in [0.25, 0.3) is 0 Å². The van der Waals surface area contributed by atoms with E-state index in [1.165, 1.54) is 0 Å². The van der Waals surface area contributed by atoms with Crippen molar-refractivity contribution in [1.29, 1.82) is 0 Å². The number of hydrogen-bond acceptors (Lipinski definition) is 3. The van der Waals surface area contributed by atoms with Gasteiger partial charge in [-0.3, -0.25) is 4.98 Å². The Hall–Kier alpha value is -1.58. The van der Waals surface area contributed by atoms with Crippen LogP contribution in [-0.4, -0.2) is 4.98 Å². The van der Waals surface area contributed by atoms with Crippen LogP contribution in [0.3, 0.4) is 0 Å². The van der Waals surface area contributed by atoms with Crippen molar-refractivity contribution in [1.82, 2.24) is 4.98 Å². The minimum Gasteiger partial charge on any atom is -0.489 e. The van der Waals surface area contributed by atoms with E-state index in [9.17, 15) is 0 Å². The molecule has 18 heavy (non-hydrogen) atoms. The molecule has 0 unspecified atom stereocenters. The summed E-state index contributed by atoms with van der Waals surface area (Å²) in [5, 5.41) is 0.663. The van der Waals surface area contributed by atoms with E-state index in [1.54, 1.807) is 18.5 Å². The Morgan fingerprint density at radius 1 is 1.39 bits per heavy atom. The minimum atomic E-state index is -0.118. The summed E-state index contributed by atoms with van der Waals surface area (Å²) < 4.78 is 5.76. The van der Waals surface area contributed by atoms with Gasteiger partial charge in [-0.25, -0.2) is 0 Å². The highest BCUT2D eigenvalue weighted by Gasteiger charge is 2.09. The third-order valence-corrected chi connectivity index (χ3v) is 2.81. The number of benzene rings is 1. The second kappa shape index (κ2) is 5.85. The number of nitrogens with two attached hydrogens (primary N) is 1. The summed E-state index contributed by atoms with van der Waals surface area (Å²) in [5.74, 6) is 0.762. The molecule has 0 spiro atoms. The van der Waals surface area contributed by atoms with Crippen molar-refractivity contribution in [3.8, 4) is 5.75 Å². The molecule has 0 aliphatic heterocycles. The van der Waals surface area contributed by atoms with Gasteiger partial charge >= 0.3 is 0 Å². The Morgan fingerprint density at radius 2 is 2.22 bits per heavy atom. The highest BCUT2D eigenvalue weighted by atomic mass is 35.5. The van der Waals surface area contributed by atoms with Gasteiger partial charge in [0.1, 0.15) is 12.4 Å². The summed E-state index contributed by atoms with van der Waals surface area (Å²) in [7, 11) is 0. The summed E-state index contributed by atoms with van der Waals surface area (Å²) in [4.78, 5) is 4.04. The van der Waals surface area contributed by atoms with Crippen LogP contribution in [0.5, 0.6) is 5.75 Å². The monoisotopic (exact) mass is 262 g/mol. The first kappa shape index (κ1) is 12.9. The standard InChI is InChI=1S/C14H15ClN2O/c1-10(16)13-7-12(15)4-5-14(13)18-9-11-3-2-6-17-8-11/h2-8,10H,9,16H2,1H3/t10-/m1/s1. The lowest BCUT2D eigenvalue weighted by molar-refractivity contribution is 0.301. The third kappa shape index (κ3) is 3.22. The van der Waals surface area contributed by atoms with Crippen LogP contribution in [0.4, 0.5) is 0 Å². The molecule has 0 saturated heterocycles. The van der Waals surface area contributed by atoms with Crippen LogP contribution in [0, 0.1) is 0 Å². The maximum atomic E-state index is 5.96. The minimum absolute atomic E-state index is 0.118. The summed E-state index contributed by atoms with van der Waals surface area (Å²) in [6.45, 7) is 2.37. The lowest BCUT2D eigenvalue weighted by atomic mass is 10.1. The molecule has 0 aliphatic carbocycles. The fraction of sp³-hybridized carbons (Fsp3) is 0.214. The number of halogens is 1. The van der Waals surface area contributed by atoms with E-state index >= 15 is 0 Å². The van der Waals surface area contributed by atoms with Gasteiger partial charge in [0.25, 0.3) is 0 Å². The molecule has 1 heterocycles. The third-order valence-electron chi connectivity index (χ3n) is 2.58. The predicted octanol–water partition coefficient (Wildman–Crippen LogP) is 3.33. The van der Waals surface area contributed by atoms with Crippen LogP contribution in [0.15, 0.2) is 42.7 Å². The molecule has 1 aromatic carbocycles. The maximum Gasteiger partial charge on any atom is 0.124 e. The molecule has 4 heteroatoms. The Bertz CT molecular complexity index is 514. The number of aromatic nitrogens is 1. The van der Waals surface area contributed by atoms with Gasteiger partial charge in [-0.1, -0.05) is 17.7 Å². The van der Waals surface area contributed by atoms with Crippen molar-refractivity contribution < 1.29 is 4.74 Å². The molecule has 0 bridgehead atoms. The molecule has 0 aliphatic rings. The second-order valence-corrected chi connectivity index (χ2v) is 4.56. The van der Waals surface area contributed by atoms with Crippen LogP contribution in [-0.2, 0) is 6.61 Å². The first-order chi connectivity index (χ1) is 8.66. The molecule has 0 radical (unpaired) electrons. The maximum absolute atomic E-state index is 5.96. The average Bonchev–Trinajstić information content (AvgIpc) is 2.38. The Balaban J connectivity index is 2.14. The van der Waals surface area contributed by atoms with Crippen molar-refractivity contribution in [2.24, 2.45) is 5.73 Å². The van der Waals surface area contributed by atoms with E-state index in [0.717, 1.165) is 16.9 Å². The molecule has 0 amide bonds. The molecule has 2 N–H and O–H groups in total. The van der Waals surface area contributed by atoms with E-state index in [1.807, 2.05) is 31.2 Å². The van der Waals surface area contributed by atoms with Crippen molar-refractivity contribution in [2.75, 3.05) is 0 Å². The first-order valence-corrected chi connectivity index (χ1v) is 6.11. The van der Waals surface area contributed by atoms with Crippen LogP contribution >= 0.6 is 11.6 Å². The van der Waals surface area contributed by atoms with Crippen LogP contribution in [0.2, 0.25) is 5.02 Å². The lowest BCUT2D eigenvalue weighted by Crippen LogP contribution is -2.08. The predicted molar refractivity (Wildman–Crippen MR) is 72.6 cm³/mol. The molecule has 1 atom stereocenters. The first-order valence-electron chi connectivity index (χ1n) is 5.73. The van der Waals surface area contributed by atoms with Gasteiger partial charge in [0, 0.05) is 34.6 Å². The normalized spacial score (nSPS) is 12.2. The van der Waals surface area contributed by atoms with Crippen molar-refractivity contribution in [2.45, 2.75) is 19.6 Å². The topological polar surface area (TPSA) is 48.1 Å². The summed E-state index contributed by atoms with van der Waals surface area (Å²) in [6.07, 6.45) is 3.51. The highest BCUT2D eigenvalue weighted by molar-refractivity contribution is 6.30. The SMILES string of the molecule is C[C@@H](N)c1cc(Cl)ccc1OCc1cccnc1. The van der Waals surface area contributed by atoms with Crippen molar-refractivity contribution in [3.63, 3.8) is 0 Å². The lowest BCUT2D eigenvalue weighted by Gasteiger charge is -2.14. The molecule has 2 rings (SSSR count). The Labute approximate surface area is 112 Å². The molecule has 2 aromatic rings. The van der Waals surface area contributed by atoms with Crippen LogP contribution < -0.4 is 10.5 Å². The van der Waals surface area contributed by atoms with Gasteiger partial charge < -0.3 is 10.5 Å². The Morgan fingerprint density at radius 3 is 2.89 bits per heavy atom. The molecule has 0 saturated carbocycles. The fourth-order valence-electron chi connectivity index (χ4n) is 1.65. The molecule has 1 aromatic heterocycles. The molecular formula is C14H15ClN2O. The van der Waals surface area contributed by atoms with Crippen molar-refractivity contribution in [3.05, 3.63) is 58.9 Å². The van der Waals surface area contributed by atoms with E-state index in [4.69, 9.17) is 22.1 Å². The van der Waals surface area contributed by atoms with E-state index in [0.29, 0.717) is 11.6 Å². The summed E-state index contributed by atoms with van der Waals surface area (Å²) >= 11 is 5.96. The van der Waals surface area contributed by atoms with E-state index in [2.05, 4.69) is 4.98 Å². The van der Waals surface area contributed by atoms with E-state index < -0.39 is 0 Å². The van der Waals surface area contributed by atoms with Gasteiger partial charge in [0.05, 0.1) is 0 Å². The van der Waals surface area contributed by atoms with Gasteiger partial charge in [-0.15, -0.1) is 0 Å².